The SMILES string of the molecule is N#CC1(NS(=O)(=O)c2ccc3c4c(C5CCN(C(=O)Oc6ccc([N+](=O)[O-])cc6)CC5)ncnc4n(-c4nnc(C(F)F)s4)c3c2)CC1. The Balaban J connectivity index is 1.22. The number of amides is 1. The molecule has 1 saturated heterocycles. The standard InChI is InChI=1S/C29H23F2N9O6S2/c30-24(31)26-35-36-27(47-26)39-21-13-19(48(44,45)37-29(14-32)9-10-29)5-6-20(21)22-23(33-15-34-25(22)39)16-7-11-38(12-8-16)28(41)46-18-3-1-17(2-4-18)40(42)43/h1-6,13,15-16,24,37H,7-12H2. The number of halogens is 2. The van der Waals surface area contributed by atoms with E-state index in [0.29, 0.717) is 77.7 Å². The number of likely N-dealkylation sites (tertiary alicyclic amines) is 1. The lowest BCUT2D eigenvalue weighted by Gasteiger charge is -2.31. The summed E-state index contributed by atoms with van der Waals surface area (Å²) in [6.07, 6.45) is -0.403. The molecule has 1 N–H and O–H groups in total. The second kappa shape index (κ2) is 11.8. The number of carbonyl (C=O) groups is 1. The van der Waals surface area contributed by atoms with E-state index in [1.807, 2.05) is 6.07 Å². The minimum Gasteiger partial charge on any atom is -0.410 e. The first-order valence-electron chi connectivity index (χ1n) is 14.6. The fraction of sp³-hybridized carbons (Fsp3) is 0.310. The second-order valence-electron chi connectivity index (χ2n) is 11.4. The Hall–Kier alpha value is -5.19. The molecule has 0 atom stereocenters. The lowest BCUT2D eigenvalue weighted by atomic mass is 9.91. The monoisotopic (exact) mass is 695 g/mol. The highest BCUT2D eigenvalue weighted by molar-refractivity contribution is 7.89. The van der Waals surface area contributed by atoms with Gasteiger partial charge in [-0.05, 0) is 49.9 Å². The van der Waals surface area contributed by atoms with Gasteiger partial charge in [-0.1, -0.05) is 17.4 Å². The van der Waals surface area contributed by atoms with Gasteiger partial charge >= 0.3 is 6.09 Å². The van der Waals surface area contributed by atoms with Gasteiger partial charge in [-0.3, -0.25) is 14.7 Å². The number of ether oxygens (including phenoxy) is 1. The number of piperidine rings is 1. The Morgan fingerprint density at radius 2 is 1.88 bits per heavy atom. The highest BCUT2D eigenvalue weighted by atomic mass is 32.2. The summed E-state index contributed by atoms with van der Waals surface area (Å²) in [4.78, 5) is 33.6. The van der Waals surface area contributed by atoms with Gasteiger partial charge in [0.1, 0.15) is 17.6 Å². The summed E-state index contributed by atoms with van der Waals surface area (Å²) in [5, 5.41) is 28.6. The van der Waals surface area contributed by atoms with Gasteiger partial charge in [0.25, 0.3) is 12.1 Å². The first-order chi connectivity index (χ1) is 23.0. The molecule has 0 radical (unpaired) electrons. The topological polar surface area (TPSA) is 199 Å². The fourth-order valence-corrected chi connectivity index (χ4v) is 7.84. The number of aromatic nitrogens is 5. The summed E-state index contributed by atoms with van der Waals surface area (Å²) in [5.41, 5.74) is -0.0364. The predicted molar refractivity (Wildman–Crippen MR) is 165 cm³/mol. The molecule has 48 heavy (non-hydrogen) atoms. The zero-order valence-corrected chi connectivity index (χ0v) is 26.2. The van der Waals surface area contributed by atoms with Crippen LogP contribution in [-0.2, 0) is 10.0 Å². The average molecular weight is 696 g/mol. The van der Waals surface area contributed by atoms with Crippen LogP contribution in [0.5, 0.6) is 5.75 Å². The number of hydrogen-bond acceptors (Lipinski definition) is 12. The van der Waals surface area contributed by atoms with Crippen molar-refractivity contribution in [2.75, 3.05) is 13.1 Å². The number of sulfonamides is 1. The van der Waals surface area contributed by atoms with Crippen molar-refractivity contribution >= 4 is 55.1 Å². The van der Waals surface area contributed by atoms with E-state index in [1.165, 1.54) is 52.2 Å². The summed E-state index contributed by atoms with van der Waals surface area (Å²) in [5.74, 6) is 0.000624. The van der Waals surface area contributed by atoms with Crippen LogP contribution in [-0.4, -0.2) is 67.7 Å². The third-order valence-electron chi connectivity index (χ3n) is 8.35. The molecular weight excluding hydrogens is 673 g/mol. The highest BCUT2D eigenvalue weighted by Crippen LogP contribution is 2.41. The number of nitrogens with one attached hydrogen (secondary N) is 1. The minimum absolute atomic E-state index is 0.0527. The van der Waals surface area contributed by atoms with Crippen LogP contribution >= 0.6 is 11.3 Å². The number of non-ortho nitro benzene ring substituents is 1. The van der Waals surface area contributed by atoms with Crippen molar-refractivity contribution < 1.29 is 31.7 Å². The van der Waals surface area contributed by atoms with E-state index in [2.05, 4.69) is 24.9 Å². The summed E-state index contributed by atoms with van der Waals surface area (Å²) in [6, 6.07) is 11.6. The molecule has 1 aliphatic carbocycles. The smallest absolute Gasteiger partial charge is 0.410 e. The molecule has 3 aromatic heterocycles. The maximum atomic E-state index is 13.5. The van der Waals surface area contributed by atoms with Gasteiger partial charge in [0.15, 0.2) is 10.7 Å². The van der Waals surface area contributed by atoms with Gasteiger partial charge < -0.3 is 9.64 Å². The van der Waals surface area contributed by atoms with Crippen molar-refractivity contribution in [1.82, 2.24) is 34.4 Å². The molecule has 2 fully saturated rings. The van der Waals surface area contributed by atoms with Crippen molar-refractivity contribution in [1.29, 1.82) is 5.26 Å². The first-order valence-corrected chi connectivity index (χ1v) is 16.9. The average Bonchev–Trinajstić information content (AvgIpc) is 3.51. The van der Waals surface area contributed by atoms with E-state index in [9.17, 15) is 37.4 Å². The van der Waals surface area contributed by atoms with Crippen molar-refractivity contribution in [3.63, 3.8) is 0 Å². The number of rotatable bonds is 8. The molecule has 4 heterocycles. The van der Waals surface area contributed by atoms with Crippen LogP contribution in [0.3, 0.4) is 0 Å². The second-order valence-corrected chi connectivity index (χ2v) is 14.0. The zero-order chi connectivity index (χ0) is 33.8. The normalized spacial score (nSPS) is 16.3. The number of nitro benzene ring substituents is 1. The molecule has 0 bridgehead atoms. The Morgan fingerprint density at radius 3 is 2.50 bits per heavy atom. The van der Waals surface area contributed by atoms with E-state index in [1.54, 1.807) is 6.07 Å². The van der Waals surface area contributed by atoms with Crippen LogP contribution < -0.4 is 9.46 Å². The van der Waals surface area contributed by atoms with Crippen LogP contribution in [0.15, 0.2) is 53.7 Å². The van der Waals surface area contributed by atoms with Gasteiger partial charge in [0.2, 0.25) is 15.2 Å². The summed E-state index contributed by atoms with van der Waals surface area (Å²) in [6.45, 7) is 0.618. The van der Waals surface area contributed by atoms with Gasteiger partial charge in [-0.25, -0.2) is 32.0 Å². The van der Waals surface area contributed by atoms with Crippen LogP contribution in [0.25, 0.3) is 27.1 Å². The molecule has 19 heteroatoms. The zero-order valence-electron chi connectivity index (χ0n) is 24.6. The predicted octanol–water partition coefficient (Wildman–Crippen LogP) is 4.98. The van der Waals surface area contributed by atoms with Crippen LogP contribution in [0.4, 0.5) is 19.3 Å². The molecule has 15 nitrogen and oxygen atoms in total. The molecule has 246 valence electrons. The Labute approximate surface area is 274 Å². The summed E-state index contributed by atoms with van der Waals surface area (Å²) >= 11 is 0.644. The third kappa shape index (κ3) is 5.67. The van der Waals surface area contributed by atoms with E-state index in [4.69, 9.17) is 4.74 Å². The quantitative estimate of drug-likeness (QED) is 0.170. The lowest BCUT2D eigenvalue weighted by Crippen LogP contribution is -2.39. The van der Waals surface area contributed by atoms with E-state index < -0.39 is 38.0 Å². The molecule has 7 rings (SSSR count). The number of hydrogen-bond donors (Lipinski definition) is 1. The maximum absolute atomic E-state index is 13.5. The molecule has 1 aliphatic heterocycles. The van der Waals surface area contributed by atoms with E-state index in [0.717, 1.165) is 0 Å². The van der Waals surface area contributed by atoms with Crippen LogP contribution in [0.2, 0.25) is 0 Å². The van der Waals surface area contributed by atoms with Gasteiger partial charge in [-0.15, -0.1) is 10.2 Å². The Kier molecular flexibility index (Phi) is 7.72. The Morgan fingerprint density at radius 1 is 1.15 bits per heavy atom. The minimum atomic E-state index is -4.13. The third-order valence-corrected chi connectivity index (χ3v) is 10.8. The van der Waals surface area contributed by atoms with Gasteiger partial charge in [0.05, 0.1) is 27.1 Å². The van der Waals surface area contributed by atoms with E-state index in [-0.39, 0.29) is 27.4 Å². The number of alkyl halides is 2. The number of carbonyl (C=O) groups excluding carboxylic acids is 1. The summed E-state index contributed by atoms with van der Waals surface area (Å²) < 4.78 is 63.0. The van der Waals surface area contributed by atoms with Gasteiger partial charge in [0, 0.05) is 41.9 Å². The Bertz CT molecular complexity index is 2240. The lowest BCUT2D eigenvalue weighted by molar-refractivity contribution is -0.384. The van der Waals surface area contributed by atoms with Crippen molar-refractivity contribution in [2.24, 2.45) is 0 Å². The maximum Gasteiger partial charge on any atom is 0.415 e. The molecule has 2 aromatic carbocycles. The number of fused-ring (bicyclic) bond motifs is 3. The molecule has 5 aromatic rings. The summed E-state index contributed by atoms with van der Waals surface area (Å²) in [7, 11) is -4.13. The molecule has 0 spiro atoms. The number of nitro groups is 1. The highest BCUT2D eigenvalue weighted by Gasteiger charge is 2.47. The van der Waals surface area contributed by atoms with Crippen molar-refractivity contribution in [3.8, 4) is 17.0 Å². The van der Waals surface area contributed by atoms with Crippen molar-refractivity contribution in [3.05, 3.63) is 69.6 Å². The molecule has 1 amide bonds. The van der Waals surface area contributed by atoms with Gasteiger partial charge in [-0.2, -0.15) is 9.98 Å². The van der Waals surface area contributed by atoms with E-state index >= 15 is 0 Å². The number of nitriles is 1. The number of benzene rings is 2. The molecular formula is C29H23F2N9O6S2. The molecule has 2 aliphatic rings. The molecule has 0 unspecified atom stereocenters. The van der Waals surface area contributed by atoms with Crippen molar-refractivity contribution in [2.45, 2.75) is 48.5 Å². The molecule has 1 saturated carbocycles. The largest absolute Gasteiger partial charge is 0.415 e. The first kappa shape index (κ1) is 31.4. The fourth-order valence-electron chi connectivity index (χ4n) is 5.73. The van der Waals surface area contributed by atoms with Crippen LogP contribution in [0.1, 0.15) is 48.7 Å². The van der Waals surface area contributed by atoms with Crippen LogP contribution in [0, 0.1) is 21.4 Å². The number of nitrogens with zero attached hydrogens (tertiary/aromatic N) is 8.